The first-order valence-electron chi connectivity index (χ1n) is 7.01. The zero-order valence-electron chi connectivity index (χ0n) is 12.9. The smallest absolute Gasteiger partial charge is 0.271 e. The summed E-state index contributed by atoms with van der Waals surface area (Å²) in [5.74, 6) is -0.399. The maximum Gasteiger partial charge on any atom is 0.271 e. The lowest BCUT2D eigenvalue weighted by molar-refractivity contribution is 0.0949. The van der Waals surface area contributed by atoms with Gasteiger partial charge in [0.25, 0.3) is 5.91 Å². The first-order valence-corrected chi connectivity index (χ1v) is 8.49. The summed E-state index contributed by atoms with van der Waals surface area (Å²) in [6.07, 6.45) is 4.23. The predicted molar refractivity (Wildman–Crippen MR) is 85.5 cm³/mol. The van der Waals surface area contributed by atoms with E-state index in [1.165, 1.54) is 18.6 Å². The third kappa shape index (κ3) is 4.57. The van der Waals surface area contributed by atoms with E-state index in [4.69, 9.17) is 0 Å². The number of aromatic nitrogens is 2. The van der Waals surface area contributed by atoms with E-state index in [2.05, 4.69) is 20.0 Å². The zero-order valence-corrected chi connectivity index (χ0v) is 13.7. The van der Waals surface area contributed by atoms with Crippen LogP contribution in [-0.4, -0.2) is 37.4 Å². The molecule has 0 spiro atoms. The molecule has 0 saturated carbocycles. The minimum atomic E-state index is -3.61. The molecule has 8 heteroatoms. The molecule has 1 amide bonds. The highest BCUT2D eigenvalue weighted by atomic mass is 32.2. The van der Waals surface area contributed by atoms with Gasteiger partial charge in [-0.15, -0.1) is 0 Å². The molecule has 0 fully saturated rings. The molecular formula is C15H18N4O3S. The summed E-state index contributed by atoms with van der Waals surface area (Å²) in [5.41, 5.74) is 1.73. The van der Waals surface area contributed by atoms with Crippen molar-refractivity contribution in [2.75, 3.05) is 13.1 Å². The Kier molecular flexibility index (Phi) is 5.41. The van der Waals surface area contributed by atoms with E-state index < -0.39 is 15.9 Å². The molecule has 2 rings (SSSR count). The number of hydrogen-bond donors (Lipinski definition) is 2. The van der Waals surface area contributed by atoms with Gasteiger partial charge in [-0.05, 0) is 31.0 Å². The molecule has 1 aromatic carbocycles. The Bertz CT molecular complexity index is 792. The number of amides is 1. The zero-order chi connectivity index (χ0) is 16.9. The van der Waals surface area contributed by atoms with Gasteiger partial charge in [0, 0.05) is 25.5 Å². The second-order valence-electron chi connectivity index (χ2n) is 5.01. The number of carbonyl (C=O) groups excluding carboxylic acids is 1. The summed E-state index contributed by atoms with van der Waals surface area (Å²) in [4.78, 5) is 19.7. The summed E-state index contributed by atoms with van der Waals surface area (Å²) in [6.45, 7) is 3.81. The summed E-state index contributed by atoms with van der Waals surface area (Å²) < 4.78 is 27.0. The lowest BCUT2D eigenvalue weighted by Crippen LogP contribution is -2.35. The first kappa shape index (κ1) is 17.0. The highest BCUT2D eigenvalue weighted by Crippen LogP contribution is 2.16. The maximum absolute atomic E-state index is 12.3. The fourth-order valence-corrected chi connectivity index (χ4v) is 3.30. The Balaban J connectivity index is 1.90. The number of nitrogens with one attached hydrogen (secondary N) is 2. The summed E-state index contributed by atoms with van der Waals surface area (Å²) >= 11 is 0. The van der Waals surface area contributed by atoms with Crippen LogP contribution in [-0.2, 0) is 10.0 Å². The molecule has 122 valence electrons. The van der Waals surface area contributed by atoms with Crippen LogP contribution in [0.4, 0.5) is 0 Å². The minimum absolute atomic E-state index is 0.0850. The Morgan fingerprint density at radius 2 is 1.96 bits per heavy atom. The van der Waals surface area contributed by atoms with Gasteiger partial charge < -0.3 is 5.32 Å². The van der Waals surface area contributed by atoms with Crippen LogP contribution in [0.25, 0.3) is 0 Å². The van der Waals surface area contributed by atoms with E-state index in [0.717, 1.165) is 5.56 Å². The molecule has 2 aromatic rings. The van der Waals surface area contributed by atoms with Crippen molar-refractivity contribution in [3.8, 4) is 0 Å². The standard InChI is InChI=1S/C15H18N4O3S/c1-11-3-4-12(2)14(9-11)23(21,22)19-8-7-18-15(20)13-10-16-5-6-17-13/h3-6,9-10,19H,7-8H2,1-2H3,(H,18,20). The van der Waals surface area contributed by atoms with Gasteiger partial charge >= 0.3 is 0 Å². The normalized spacial score (nSPS) is 11.2. The number of nitrogens with zero attached hydrogens (tertiary/aromatic N) is 2. The van der Waals surface area contributed by atoms with Crippen LogP contribution < -0.4 is 10.0 Å². The number of rotatable bonds is 6. The number of carbonyl (C=O) groups is 1. The molecule has 7 nitrogen and oxygen atoms in total. The van der Waals surface area contributed by atoms with Crippen LogP contribution in [0.5, 0.6) is 0 Å². The molecule has 0 atom stereocenters. The first-order chi connectivity index (χ1) is 10.9. The van der Waals surface area contributed by atoms with Crippen LogP contribution in [0.15, 0.2) is 41.7 Å². The van der Waals surface area contributed by atoms with Gasteiger partial charge in [-0.1, -0.05) is 12.1 Å². The summed E-state index contributed by atoms with van der Waals surface area (Å²) in [6, 6.07) is 5.24. The topological polar surface area (TPSA) is 101 Å². The molecule has 0 aliphatic rings. The van der Waals surface area contributed by atoms with Crippen molar-refractivity contribution >= 4 is 15.9 Å². The number of sulfonamides is 1. The SMILES string of the molecule is Cc1ccc(C)c(S(=O)(=O)NCCNC(=O)c2cnccn2)c1. The number of hydrogen-bond acceptors (Lipinski definition) is 5. The van der Waals surface area contributed by atoms with Gasteiger partial charge in [0.1, 0.15) is 5.69 Å². The van der Waals surface area contributed by atoms with Crippen LogP contribution >= 0.6 is 0 Å². The molecule has 0 radical (unpaired) electrons. The van der Waals surface area contributed by atoms with E-state index in [-0.39, 0.29) is 23.7 Å². The van der Waals surface area contributed by atoms with Crippen LogP contribution in [0.1, 0.15) is 21.6 Å². The quantitative estimate of drug-likeness (QED) is 0.761. The molecule has 23 heavy (non-hydrogen) atoms. The van der Waals surface area contributed by atoms with Gasteiger partial charge in [-0.25, -0.2) is 18.1 Å². The van der Waals surface area contributed by atoms with Crippen molar-refractivity contribution in [3.05, 3.63) is 53.6 Å². The highest BCUT2D eigenvalue weighted by molar-refractivity contribution is 7.89. The van der Waals surface area contributed by atoms with Gasteiger partial charge in [0.15, 0.2) is 0 Å². The third-order valence-corrected chi connectivity index (χ3v) is 4.73. The van der Waals surface area contributed by atoms with Gasteiger partial charge in [-0.2, -0.15) is 0 Å². The summed E-state index contributed by atoms with van der Waals surface area (Å²) in [7, 11) is -3.61. The summed E-state index contributed by atoms with van der Waals surface area (Å²) in [5, 5.41) is 2.58. The van der Waals surface area contributed by atoms with Crippen molar-refractivity contribution in [1.82, 2.24) is 20.0 Å². The van der Waals surface area contributed by atoms with Gasteiger partial charge in [0.05, 0.1) is 11.1 Å². The molecule has 0 bridgehead atoms. The number of benzene rings is 1. The van der Waals surface area contributed by atoms with Crippen molar-refractivity contribution in [1.29, 1.82) is 0 Å². The Morgan fingerprint density at radius 1 is 1.17 bits per heavy atom. The average molecular weight is 334 g/mol. The molecule has 0 aliphatic carbocycles. The van der Waals surface area contributed by atoms with E-state index in [0.29, 0.717) is 5.56 Å². The van der Waals surface area contributed by atoms with Gasteiger partial charge in [-0.3, -0.25) is 9.78 Å². The largest absolute Gasteiger partial charge is 0.349 e. The molecule has 0 saturated heterocycles. The van der Waals surface area contributed by atoms with E-state index in [9.17, 15) is 13.2 Å². The fourth-order valence-electron chi connectivity index (χ4n) is 1.94. The van der Waals surface area contributed by atoms with Crippen molar-refractivity contribution in [2.45, 2.75) is 18.7 Å². The molecule has 1 aromatic heterocycles. The maximum atomic E-state index is 12.3. The molecule has 2 N–H and O–H groups in total. The molecule has 1 heterocycles. The second kappa shape index (κ2) is 7.30. The van der Waals surface area contributed by atoms with Crippen molar-refractivity contribution in [2.24, 2.45) is 0 Å². The molecule has 0 unspecified atom stereocenters. The lowest BCUT2D eigenvalue weighted by atomic mass is 10.2. The van der Waals surface area contributed by atoms with E-state index >= 15 is 0 Å². The van der Waals surface area contributed by atoms with Crippen LogP contribution in [0.3, 0.4) is 0 Å². The lowest BCUT2D eigenvalue weighted by Gasteiger charge is -2.10. The monoisotopic (exact) mass is 334 g/mol. The van der Waals surface area contributed by atoms with Crippen LogP contribution in [0.2, 0.25) is 0 Å². The van der Waals surface area contributed by atoms with Crippen LogP contribution in [0, 0.1) is 13.8 Å². The van der Waals surface area contributed by atoms with E-state index in [1.807, 2.05) is 13.0 Å². The van der Waals surface area contributed by atoms with Crippen molar-refractivity contribution in [3.63, 3.8) is 0 Å². The Labute approximate surface area is 135 Å². The predicted octanol–water partition coefficient (Wildman–Crippen LogP) is 0.802. The minimum Gasteiger partial charge on any atom is -0.349 e. The Morgan fingerprint density at radius 3 is 2.65 bits per heavy atom. The third-order valence-electron chi connectivity index (χ3n) is 3.13. The second-order valence-corrected chi connectivity index (χ2v) is 6.75. The van der Waals surface area contributed by atoms with E-state index in [1.54, 1.807) is 19.1 Å². The van der Waals surface area contributed by atoms with Gasteiger partial charge in [0.2, 0.25) is 10.0 Å². The van der Waals surface area contributed by atoms with Crippen molar-refractivity contribution < 1.29 is 13.2 Å². The number of aryl methyl sites for hydroxylation is 2. The Hall–Kier alpha value is -2.32. The average Bonchev–Trinajstić information content (AvgIpc) is 2.54. The molecule has 0 aliphatic heterocycles. The highest BCUT2D eigenvalue weighted by Gasteiger charge is 2.16. The molecular weight excluding hydrogens is 316 g/mol. The fraction of sp³-hybridized carbons (Fsp3) is 0.267.